The van der Waals surface area contributed by atoms with E-state index in [4.69, 9.17) is 17.3 Å². The number of hydrogen-bond acceptors (Lipinski definition) is 1. The Morgan fingerprint density at radius 3 is 2.06 bits per heavy atom. The molecule has 98 valence electrons. The first-order valence-corrected chi connectivity index (χ1v) is 5.69. The predicted octanol–water partition coefficient (Wildman–Crippen LogP) is 4.48. The van der Waals surface area contributed by atoms with Gasteiger partial charge in [-0.3, -0.25) is 0 Å². The minimum atomic E-state index is -0.666. The zero-order chi connectivity index (χ0) is 12.3. The molecule has 1 atom stereocenters. The Bertz CT molecular complexity index is 347. The lowest BCUT2D eigenvalue weighted by molar-refractivity contribution is 0.468. The van der Waals surface area contributed by atoms with E-state index in [2.05, 4.69) is 0 Å². The van der Waals surface area contributed by atoms with Gasteiger partial charge in [0, 0.05) is 16.6 Å². The molecule has 1 nitrogen and oxygen atoms in total. The molecule has 0 heterocycles. The summed E-state index contributed by atoms with van der Waals surface area (Å²) in [5.74, 6) is -0.869. The van der Waals surface area contributed by atoms with Gasteiger partial charge in [-0.05, 0) is 30.9 Å². The normalized spacial score (nSPS) is 12.4. The van der Waals surface area contributed by atoms with Gasteiger partial charge in [-0.2, -0.15) is 0 Å². The highest BCUT2D eigenvalue weighted by atomic mass is 35.5. The first kappa shape index (κ1) is 16.6. The van der Waals surface area contributed by atoms with Crippen molar-refractivity contribution in [2.24, 2.45) is 11.7 Å². The Kier molecular flexibility index (Phi) is 6.98. The molecular weight excluding hydrogens is 267 g/mol. The molecular formula is C12H17Cl2F2N. The minimum Gasteiger partial charge on any atom is -0.324 e. The van der Waals surface area contributed by atoms with E-state index in [1.54, 1.807) is 0 Å². The monoisotopic (exact) mass is 283 g/mol. The molecule has 0 amide bonds. The van der Waals surface area contributed by atoms with Crippen molar-refractivity contribution in [3.05, 3.63) is 34.4 Å². The number of hydrogen-bond donors (Lipinski definition) is 1. The van der Waals surface area contributed by atoms with Crippen molar-refractivity contribution in [1.29, 1.82) is 0 Å². The second-order valence-corrected chi connectivity index (χ2v) is 4.80. The van der Waals surface area contributed by atoms with Gasteiger partial charge in [0.25, 0.3) is 0 Å². The van der Waals surface area contributed by atoms with Gasteiger partial charge in [0.05, 0.1) is 0 Å². The average Bonchev–Trinajstić information content (AvgIpc) is 2.12. The lowest BCUT2D eigenvalue weighted by Gasteiger charge is -2.15. The van der Waals surface area contributed by atoms with Crippen LogP contribution >= 0.6 is 24.0 Å². The van der Waals surface area contributed by atoms with E-state index in [1.165, 1.54) is 0 Å². The van der Waals surface area contributed by atoms with E-state index < -0.39 is 17.7 Å². The van der Waals surface area contributed by atoms with Crippen LogP contribution in [0.1, 0.15) is 38.3 Å². The Labute approximate surface area is 112 Å². The van der Waals surface area contributed by atoms with Crippen LogP contribution in [0.25, 0.3) is 0 Å². The van der Waals surface area contributed by atoms with Crippen LogP contribution in [0, 0.1) is 17.6 Å². The molecule has 5 heteroatoms. The summed E-state index contributed by atoms with van der Waals surface area (Å²) in [7, 11) is 0. The summed E-state index contributed by atoms with van der Waals surface area (Å²) < 4.78 is 27.0. The summed E-state index contributed by atoms with van der Waals surface area (Å²) >= 11 is 5.53. The smallest absolute Gasteiger partial charge is 0.132 e. The van der Waals surface area contributed by atoms with Crippen LogP contribution in [0.3, 0.4) is 0 Å². The molecule has 0 saturated carbocycles. The number of halogens is 4. The van der Waals surface area contributed by atoms with E-state index in [-0.39, 0.29) is 23.0 Å². The summed E-state index contributed by atoms with van der Waals surface area (Å²) in [5.41, 5.74) is 5.71. The van der Waals surface area contributed by atoms with Crippen molar-refractivity contribution < 1.29 is 8.78 Å². The molecule has 1 aromatic carbocycles. The van der Waals surface area contributed by atoms with Crippen LogP contribution in [0.5, 0.6) is 0 Å². The molecule has 0 fully saturated rings. The second-order valence-electron chi connectivity index (χ2n) is 4.36. The molecule has 0 bridgehead atoms. The van der Waals surface area contributed by atoms with Crippen molar-refractivity contribution in [3.63, 3.8) is 0 Å². The van der Waals surface area contributed by atoms with E-state index in [0.29, 0.717) is 12.3 Å². The lowest BCUT2D eigenvalue weighted by Crippen LogP contribution is -2.15. The van der Waals surface area contributed by atoms with E-state index >= 15 is 0 Å². The highest BCUT2D eigenvalue weighted by molar-refractivity contribution is 6.30. The summed E-state index contributed by atoms with van der Waals surface area (Å²) in [6, 6.07) is 1.57. The third-order valence-corrected chi connectivity index (χ3v) is 2.69. The third-order valence-electron chi connectivity index (χ3n) is 2.47. The zero-order valence-corrected chi connectivity index (χ0v) is 11.4. The maximum atomic E-state index is 13.5. The van der Waals surface area contributed by atoms with Gasteiger partial charge in [-0.1, -0.05) is 25.4 Å². The van der Waals surface area contributed by atoms with Crippen LogP contribution in [0.2, 0.25) is 5.02 Å². The highest BCUT2D eigenvalue weighted by Gasteiger charge is 2.17. The Morgan fingerprint density at radius 1 is 1.18 bits per heavy atom. The first-order chi connectivity index (χ1) is 7.41. The van der Waals surface area contributed by atoms with Gasteiger partial charge in [0.15, 0.2) is 0 Å². The van der Waals surface area contributed by atoms with E-state index in [0.717, 1.165) is 18.6 Å². The molecule has 0 saturated heterocycles. The molecule has 0 spiro atoms. The molecule has 0 aliphatic carbocycles. The molecule has 17 heavy (non-hydrogen) atoms. The number of nitrogens with two attached hydrogens (primary N) is 1. The van der Waals surface area contributed by atoms with Crippen molar-refractivity contribution in [2.45, 2.75) is 32.7 Å². The fourth-order valence-electron chi connectivity index (χ4n) is 1.56. The fraction of sp³-hybridized carbons (Fsp3) is 0.500. The van der Waals surface area contributed by atoms with Gasteiger partial charge < -0.3 is 5.73 Å². The van der Waals surface area contributed by atoms with Gasteiger partial charge in [0.1, 0.15) is 11.6 Å². The quantitative estimate of drug-likeness (QED) is 0.867. The Morgan fingerprint density at radius 2 is 1.65 bits per heavy atom. The zero-order valence-electron chi connectivity index (χ0n) is 9.84. The maximum Gasteiger partial charge on any atom is 0.132 e. The highest BCUT2D eigenvalue weighted by Crippen LogP contribution is 2.26. The van der Waals surface area contributed by atoms with Crippen LogP contribution in [0.4, 0.5) is 8.78 Å². The van der Waals surface area contributed by atoms with Crippen molar-refractivity contribution in [2.75, 3.05) is 0 Å². The SMILES string of the molecule is CC(C)CC[C@@H](N)c1c(F)cc(Cl)cc1F.Cl. The van der Waals surface area contributed by atoms with Gasteiger partial charge in [-0.15, -0.1) is 12.4 Å². The van der Waals surface area contributed by atoms with Gasteiger partial charge >= 0.3 is 0 Å². The van der Waals surface area contributed by atoms with Crippen molar-refractivity contribution in [1.82, 2.24) is 0 Å². The predicted molar refractivity (Wildman–Crippen MR) is 69.6 cm³/mol. The summed E-state index contributed by atoms with van der Waals surface area (Å²) in [4.78, 5) is 0. The maximum absolute atomic E-state index is 13.5. The molecule has 0 unspecified atom stereocenters. The Balaban J connectivity index is 0.00000256. The molecule has 1 aromatic rings. The molecule has 0 aliphatic rings. The average molecular weight is 284 g/mol. The minimum absolute atomic E-state index is 0. The fourth-order valence-corrected chi connectivity index (χ4v) is 1.76. The topological polar surface area (TPSA) is 26.0 Å². The van der Waals surface area contributed by atoms with Crippen LogP contribution in [-0.2, 0) is 0 Å². The second kappa shape index (κ2) is 7.14. The van der Waals surface area contributed by atoms with Crippen LogP contribution in [0.15, 0.2) is 12.1 Å². The van der Waals surface area contributed by atoms with Gasteiger partial charge in [0.2, 0.25) is 0 Å². The van der Waals surface area contributed by atoms with Crippen molar-refractivity contribution >= 4 is 24.0 Å². The largest absolute Gasteiger partial charge is 0.324 e. The Hall–Kier alpha value is -0.380. The molecule has 0 aliphatic heterocycles. The van der Waals surface area contributed by atoms with Crippen molar-refractivity contribution in [3.8, 4) is 0 Å². The lowest BCUT2D eigenvalue weighted by atomic mass is 9.97. The van der Waals surface area contributed by atoms with E-state index in [9.17, 15) is 8.78 Å². The summed E-state index contributed by atoms with van der Waals surface area (Å²) in [6.07, 6.45) is 1.40. The molecule has 0 aromatic heterocycles. The molecule has 2 N–H and O–H groups in total. The number of benzene rings is 1. The van der Waals surface area contributed by atoms with E-state index in [1.807, 2.05) is 13.8 Å². The van der Waals surface area contributed by atoms with Gasteiger partial charge in [-0.25, -0.2) is 8.78 Å². The van der Waals surface area contributed by atoms with Crippen LogP contribution in [-0.4, -0.2) is 0 Å². The third kappa shape index (κ3) is 4.78. The molecule has 0 radical (unpaired) electrons. The summed E-state index contributed by atoms with van der Waals surface area (Å²) in [6.45, 7) is 4.09. The molecule has 1 rings (SSSR count). The standard InChI is InChI=1S/C12H16ClF2N.ClH/c1-7(2)3-4-11(16)12-9(14)5-8(13)6-10(12)15;/h5-7,11H,3-4,16H2,1-2H3;1H/t11-;/m1./s1. The first-order valence-electron chi connectivity index (χ1n) is 5.31. The number of rotatable bonds is 4. The van der Waals surface area contributed by atoms with Crippen LogP contribution < -0.4 is 5.73 Å². The summed E-state index contributed by atoms with van der Waals surface area (Å²) in [5, 5.41) is 0.0507.